The Morgan fingerprint density at radius 3 is 2.33 bits per heavy atom. The maximum Gasteiger partial charge on any atom is 0.101 e. The highest BCUT2D eigenvalue weighted by Crippen LogP contribution is 2.00. The molecule has 1 aromatic rings. The van der Waals surface area contributed by atoms with Gasteiger partial charge in [-0.1, -0.05) is 24.3 Å². The van der Waals surface area contributed by atoms with Gasteiger partial charge in [-0.3, -0.25) is 0 Å². The minimum atomic E-state index is 0.441. The molecule has 0 saturated heterocycles. The summed E-state index contributed by atoms with van der Waals surface area (Å²) in [5.41, 5.74) is 0.888. The molecule has 0 saturated carbocycles. The second kappa shape index (κ2) is 3.82. The van der Waals surface area contributed by atoms with E-state index < -0.39 is 0 Å². The number of hydrogen-bond acceptors (Lipinski definition) is 2. The van der Waals surface area contributed by atoms with E-state index in [2.05, 4.69) is 6.08 Å². The van der Waals surface area contributed by atoms with E-state index in [1.807, 2.05) is 30.4 Å². The first-order valence-corrected chi connectivity index (χ1v) is 4.66. The Kier molecular flexibility index (Phi) is 2.35. The molecule has 2 rings (SSSR count). The molecule has 0 radical (unpaired) electrons. The molecule has 0 amide bonds. The monoisotopic (exact) mass is 192 g/mol. The topological polar surface area (TPSA) is 47.6 Å². The molecule has 2 heteroatoms. The number of nitriles is 2. The van der Waals surface area contributed by atoms with Gasteiger partial charge in [0.1, 0.15) is 12.1 Å². The molecular formula is C13H8N2. The van der Waals surface area contributed by atoms with Crippen LogP contribution in [0.3, 0.4) is 0 Å². The standard InChI is InChI=1S/C13H8N2/c14-8-12-6-10-4-2-1-3-5-11(10)7-13(12)9-15/h1-2,4-7H,3H2. The van der Waals surface area contributed by atoms with Crippen molar-refractivity contribution in [3.63, 3.8) is 0 Å². The summed E-state index contributed by atoms with van der Waals surface area (Å²) in [6, 6.07) is 7.62. The van der Waals surface area contributed by atoms with Crippen LogP contribution in [0.25, 0.3) is 12.2 Å². The summed E-state index contributed by atoms with van der Waals surface area (Å²) in [4.78, 5) is 0. The Labute approximate surface area is 87.7 Å². The van der Waals surface area contributed by atoms with Gasteiger partial charge in [0.2, 0.25) is 0 Å². The molecule has 0 atom stereocenters. The van der Waals surface area contributed by atoms with Crippen molar-refractivity contribution in [3.05, 3.63) is 45.8 Å². The van der Waals surface area contributed by atoms with Crippen LogP contribution in [0, 0.1) is 22.7 Å². The van der Waals surface area contributed by atoms with Crippen molar-refractivity contribution in [1.29, 1.82) is 10.5 Å². The van der Waals surface area contributed by atoms with E-state index in [9.17, 15) is 0 Å². The molecule has 1 aliphatic rings. The summed E-state index contributed by atoms with van der Waals surface area (Å²) in [7, 11) is 0. The Hall–Kier alpha value is -2.32. The molecule has 0 aromatic heterocycles. The highest BCUT2D eigenvalue weighted by Gasteiger charge is 2.01. The van der Waals surface area contributed by atoms with Crippen LogP contribution in [0.2, 0.25) is 0 Å². The van der Waals surface area contributed by atoms with Gasteiger partial charge in [0.15, 0.2) is 0 Å². The summed E-state index contributed by atoms with van der Waals surface area (Å²) in [5.74, 6) is 0. The van der Waals surface area contributed by atoms with Crippen molar-refractivity contribution in [2.45, 2.75) is 6.42 Å². The van der Waals surface area contributed by atoms with Crippen molar-refractivity contribution >= 4 is 12.2 Å². The third-order valence-electron chi connectivity index (χ3n) is 2.35. The SMILES string of the molecule is N#Cc1cc2c(cc1C#N)=CCC=CC=2. The number of fused-ring (bicyclic) bond motifs is 1. The summed E-state index contributed by atoms with van der Waals surface area (Å²) >= 11 is 0. The van der Waals surface area contributed by atoms with Crippen molar-refractivity contribution in [2.75, 3.05) is 0 Å². The van der Waals surface area contributed by atoms with Crippen LogP contribution < -0.4 is 10.4 Å². The number of allylic oxidation sites excluding steroid dienone is 2. The average Bonchev–Trinajstić information content (AvgIpc) is 2.51. The molecule has 0 N–H and O–H groups in total. The van der Waals surface area contributed by atoms with Crippen molar-refractivity contribution in [3.8, 4) is 12.1 Å². The first-order chi connectivity index (χ1) is 7.35. The predicted molar refractivity (Wildman–Crippen MR) is 57.8 cm³/mol. The fourth-order valence-corrected chi connectivity index (χ4v) is 1.58. The minimum Gasteiger partial charge on any atom is -0.192 e. The third kappa shape index (κ3) is 1.66. The van der Waals surface area contributed by atoms with Gasteiger partial charge in [0.25, 0.3) is 0 Å². The van der Waals surface area contributed by atoms with E-state index in [0.717, 1.165) is 16.9 Å². The van der Waals surface area contributed by atoms with Crippen LogP contribution in [-0.4, -0.2) is 0 Å². The molecule has 2 nitrogen and oxygen atoms in total. The number of nitrogens with zero attached hydrogens (tertiary/aromatic N) is 2. The lowest BCUT2D eigenvalue weighted by Crippen LogP contribution is -2.25. The molecule has 0 bridgehead atoms. The predicted octanol–water partition coefficient (Wildman–Crippen LogP) is 0.951. The number of rotatable bonds is 0. The zero-order chi connectivity index (χ0) is 10.7. The summed E-state index contributed by atoms with van der Waals surface area (Å²) in [6.45, 7) is 0. The lowest BCUT2D eigenvalue weighted by Gasteiger charge is -1.94. The van der Waals surface area contributed by atoms with Crippen LogP contribution in [0.4, 0.5) is 0 Å². The maximum absolute atomic E-state index is 8.88. The maximum atomic E-state index is 8.88. The average molecular weight is 192 g/mol. The van der Waals surface area contributed by atoms with Crippen LogP contribution in [-0.2, 0) is 0 Å². The summed E-state index contributed by atoms with van der Waals surface area (Å²) < 4.78 is 0. The molecule has 1 aliphatic carbocycles. The second-order valence-electron chi connectivity index (χ2n) is 3.28. The Morgan fingerprint density at radius 1 is 1.00 bits per heavy atom. The largest absolute Gasteiger partial charge is 0.192 e. The highest BCUT2D eigenvalue weighted by atomic mass is 14.3. The first kappa shape index (κ1) is 9.24. The third-order valence-corrected chi connectivity index (χ3v) is 2.35. The quantitative estimate of drug-likeness (QED) is 0.614. The molecule has 0 fully saturated rings. The fraction of sp³-hybridized carbons (Fsp3) is 0.0769. The van der Waals surface area contributed by atoms with E-state index >= 15 is 0 Å². The van der Waals surface area contributed by atoms with E-state index in [0.29, 0.717) is 11.1 Å². The van der Waals surface area contributed by atoms with Gasteiger partial charge in [-0.15, -0.1) is 0 Å². The van der Waals surface area contributed by atoms with Gasteiger partial charge in [-0.05, 0) is 29.0 Å². The minimum absolute atomic E-state index is 0.441. The molecule has 0 aliphatic heterocycles. The van der Waals surface area contributed by atoms with Crippen molar-refractivity contribution in [2.24, 2.45) is 0 Å². The van der Waals surface area contributed by atoms with Crippen molar-refractivity contribution < 1.29 is 0 Å². The molecule has 1 aromatic carbocycles. The van der Waals surface area contributed by atoms with E-state index in [4.69, 9.17) is 10.5 Å². The molecule has 0 unspecified atom stereocenters. The molecule has 15 heavy (non-hydrogen) atoms. The van der Waals surface area contributed by atoms with Gasteiger partial charge in [-0.25, -0.2) is 0 Å². The van der Waals surface area contributed by atoms with E-state index in [-0.39, 0.29) is 0 Å². The van der Waals surface area contributed by atoms with Gasteiger partial charge in [0, 0.05) is 0 Å². The number of benzene rings is 1. The highest BCUT2D eigenvalue weighted by molar-refractivity contribution is 5.52. The molecule has 0 heterocycles. The molecule has 0 spiro atoms. The Balaban J connectivity index is 2.85. The number of hydrogen-bond donors (Lipinski definition) is 0. The normalized spacial score (nSPS) is 12.4. The van der Waals surface area contributed by atoms with Gasteiger partial charge >= 0.3 is 0 Å². The zero-order valence-corrected chi connectivity index (χ0v) is 8.07. The molecule has 70 valence electrons. The van der Waals surface area contributed by atoms with Crippen LogP contribution in [0.15, 0.2) is 24.3 Å². The van der Waals surface area contributed by atoms with E-state index in [1.54, 1.807) is 12.1 Å². The summed E-state index contributed by atoms with van der Waals surface area (Å²) in [6.07, 6.45) is 8.88. The van der Waals surface area contributed by atoms with Crippen molar-refractivity contribution in [1.82, 2.24) is 0 Å². The second-order valence-corrected chi connectivity index (χ2v) is 3.28. The van der Waals surface area contributed by atoms with Gasteiger partial charge in [0.05, 0.1) is 11.1 Å². The van der Waals surface area contributed by atoms with Crippen LogP contribution >= 0.6 is 0 Å². The Morgan fingerprint density at radius 2 is 1.67 bits per heavy atom. The fourth-order valence-electron chi connectivity index (χ4n) is 1.58. The first-order valence-electron chi connectivity index (χ1n) is 4.66. The van der Waals surface area contributed by atoms with E-state index in [1.165, 1.54) is 0 Å². The lowest BCUT2D eigenvalue weighted by atomic mass is 10.1. The van der Waals surface area contributed by atoms with Gasteiger partial charge < -0.3 is 0 Å². The Bertz CT molecular complexity index is 622. The van der Waals surface area contributed by atoms with Gasteiger partial charge in [-0.2, -0.15) is 10.5 Å². The smallest absolute Gasteiger partial charge is 0.101 e. The summed E-state index contributed by atoms with van der Waals surface area (Å²) in [5, 5.41) is 19.8. The van der Waals surface area contributed by atoms with Crippen LogP contribution in [0.5, 0.6) is 0 Å². The lowest BCUT2D eigenvalue weighted by molar-refractivity contribution is 1.38. The molecular weight excluding hydrogens is 184 g/mol. The zero-order valence-electron chi connectivity index (χ0n) is 8.07. The van der Waals surface area contributed by atoms with Crippen LogP contribution in [0.1, 0.15) is 17.5 Å².